The molecule has 0 amide bonds. The Morgan fingerprint density at radius 2 is 1.88 bits per heavy atom. The molecule has 0 bridgehead atoms. The van der Waals surface area contributed by atoms with E-state index in [1.54, 1.807) is 24.3 Å². The van der Waals surface area contributed by atoms with Crippen molar-refractivity contribution in [1.29, 1.82) is 5.26 Å². The predicted molar refractivity (Wildman–Crippen MR) is 65.3 cm³/mol. The second-order valence-electron chi connectivity index (χ2n) is 3.97. The summed E-state index contributed by atoms with van der Waals surface area (Å²) < 4.78 is 0. The van der Waals surface area contributed by atoms with Gasteiger partial charge in [0, 0.05) is 13.1 Å². The van der Waals surface area contributed by atoms with Crippen LogP contribution >= 0.6 is 0 Å². The average molecular weight is 234 g/mol. The van der Waals surface area contributed by atoms with Gasteiger partial charge in [-0.1, -0.05) is 19.1 Å². The predicted octanol–water partition coefficient (Wildman–Crippen LogP) is 0.952. The molecule has 0 aliphatic carbocycles. The summed E-state index contributed by atoms with van der Waals surface area (Å²) in [7, 11) is 0. The van der Waals surface area contributed by atoms with Gasteiger partial charge in [-0.15, -0.1) is 0 Å². The Hall–Kier alpha value is -1.41. The summed E-state index contributed by atoms with van der Waals surface area (Å²) in [5.41, 5.74) is 1.35. The van der Waals surface area contributed by atoms with Gasteiger partial charge in [-0.2, -0.15) is 5.26 Å². The fraction of sp³-hybridized carbons (Fsp3) is 0.462. The van der Waals surface area contributed by atoms with Crippen molar-refractivity contribution in [3.63, 3.8) is 0 Å². The summed E-state index contributed by atoms with van der Waals surface area (Å²) in [6, 6.07) is 8.86. The van der Waals surface area contributed by atoms with Gasteiger partial charge in [0.2, 0.25) is 0 Å². The van der Waals surface area contributed by atoms with Crippen LogP contribution in [0.2, 0.25) is 0 Å². The normalized spacial score (nSPS) is 14.0. The molecule has 4 heteroatoms. The Balaban J connectivity index is 2.41. The van der Waals surface area contributed by atoms with E-state index in [1.165, 1.54) is 0 Å². The number of aliphatic hydroxyl groups excluding tert-OH is 2. The first-order valence-electron chi connectivity index (χ1n) is 5.74. The number of hydrogen-bond acceptors (Lipinski definition) is 4. The summed E-state index contributed by atoms with van der Waals surface area (Å²) in [6.45, 7) is 2.77. The van der Waals surface area contributed by atoms with Gasteiger partial charge in [0.25, 0.3) is 0 Å². The van der Waals surface area contributed by atoms with Crippen molar-refractivity contribution in [1.82, 2.24) is 5.32 Å². The molecule has 0 heterocycles. The SMILES string of the molecule is CCC(O)CNCC(O)c1ccc(C#N)cc1. The fourth-order valence-corrected chi connectivity index (χ4v) is 1.43. The Kier molecular flexibility index (Phi) is 5.64. The molecule has 1 rings (SSSR count). The molecule has 4 nitrogen and oxygen atoms in total. The molecule has 0 spiro atoms. The summed E-state index contributed by atoms with van der Waals surface area (Å²) in [5, 5.41) is 30.8. The summed E-state index contributed by atoms with van der Waals surface area (Å²) in [5.74, 6) is 0. The third-order valence-corrected chi connectivity index (χ3v) is 2.61. The third kappa shape index (κ3) is 4.53. The lowest BCUT2D eigenvalue weighted by molar-refractivity contribution is 0.144. The molecule has 0 radical (unpaired) electrons. The van der Waals surface area contributed by atoms with Crippen LogP contribution in [0, 0.1) is 11.3 Å². The molecule has 17 heavy (non-hydrogen) atoms. The van der Waals surface area contributed by atoms with Crippen molar-refractivity contribution in [2.24, 2.45) is 0 Å². The lowest BCUT2D eigenvalue weighted by Gasteiger charge is -2.14. The van der Waals surface area contributed by atoms with Crippen LogP contribution in [0.15, 0.2) is 24.3 Å². The van der Waals surface area contributed by atoms with Crippen LogP contribution < -0.4 is 5.32 Å². The van der Waals surface area contributed by atoms with Crippen molar-refractivity contribution >= 4 is 0 Å². The molecule has 0 saturated heterocycles. The highest BCUT2D eigenvalue weighted by molar-refractivity contribution is 5.32. The van der Waals surface area contributed by atoms with E-state index < -0.39 is 6.10 Å². The van der Waals surface area contributed by atoms with Gasteiger partial charge in [-0.3, -0.25) is 0 Å². The van der Waals surface area contributed by atoms with Gasteiger partial charge in [0.15, 0.2) is 0 Å². The van der Waals surface area contributed by atoms with Gasteiger partial charge < -0.3 is 15.5 Å². The van der Waals surface area contributed by atoms with E-state index in [1.807, 2.05) is 13.0 Å². The minimum atomic E-state index is -0.619. The van der Waals surface area contributed by atoms with Crippen molar-refractivity contribution in [2.45, 2.75) is 25.6 Å². The topological polar surface area (TPSA) is 76.3 Å². The molecule has 2 atom stereocenters. The second-order valence-corrected chi connectivity index (χ2v) is 3.97. The average Bonchev–Trinajstić information content (AvgIpc) is 2.38. The van der Waals surface area contributed by atoms with Crippen molar-refractivity contribution < 1.29 is 10.2 Å². The summed E-state index contributed by atoms with van der Waals surface area (Å²) >= 11 is 0. The Morgan fingerprint density at radius 1 is 1.24 bits per heavy atom. The smallest absolute Gasteiger partial charge is 0.0991 e. The van der Waals surface area contributed by atoms with E-state index in [-0.39, 0.29) is 6.10 Å². The lowest BCUT2D eigenvalue weighted by atomic mass is 10.1. The molecule has 0 fully saturated rings. The van der Waals surface area contributed by atoms with Gasteiger partial charge >= 0.3 is 0 Å². The van der Waals surface area contributed by atoms with Crippen LogP contribution in [0.4, 0.5) is 0 Å². The van der Waals surface area contributed by atoms with Gasteiger partial charge in [0.1, 0.15) is 0 Å². The summed E-state index contributed by atoms with van der Waals surface area (Å²) in [6.07, 6.45) is -0.296. The molecular formula is C13H18N2O2. The first kappa shape index (κ1) is 13.7. The second kappa shape index (κ2) is 7.02. The van der Waals surface area contributed by atoms with Crippen LogP contribution in [-0.2, 0) is 0 Å². The Morgan fingerprint density at radius 3 is 2.41 bits per heavy atom. The molecule has 0 saturated carbocycles. The first-order valence-corrected chi connectivity index (χ1v) is 5.74. The number of benzene rings is 1. The zero-order valence-corrected chi connectivity index (χ0v) is 9.93. The quantitative estimate of drug-likeness (QED) is 0.685. The molecule has 0 aromatic heterocycles. The van der Waals surface area contributed by atoms with Crippen LogP contribution in [0.3, 0.4) is 0 Å². The maximum atomic E-state index is 9.84. The molecule has 0 aliphatic rings. The largest absolute Gasteiger partial charge is 0.392 e. The van der Waals surface area contributed by atoms with Crippen molar-refractivity contribution in [3.05, 3.63) is 35.4 Å². The zero-order chi connectivity index (χ0) is 12.7. The Bertz CT molecular complexity index is 370. The highest BCUT2D eigenvalue weighted by Gasteiger charge is 2.08. The van der Waals surface area contributed by atoms with Crippen LogP contribution in [0.5, 0.6) is 0 Å². The minimum absolute atomic E-state index is 0.372. The maximum absolute atomic E-state index is 9.84. The highest BCUT2D eigenvalue weighted by Crippen LogP contribution is 2.12. The number of nitrogens with one attached hydrogen (secondary N) is 1. The maximum Gasteiger partial charge on any atom is 0.0991 e. The van der Waals surface area contributed by atoms with Gasteiger partial charge in [0.05, 0.1) is 23.8 Å². The van der Waals surface area contributed by atoms with E-state index in [9.17, 15) is 10.2 Å². The van der Waals surface area contributed by atoms with Crippen LogP contribution in [-0.4, -0.2) is 29.4 Å². The minimum Gasteiger partial charge on any atom is -0.392 e. The number of rotatable bonds is 6. The van der Waals surface area contributed by atoms with E-state index >= 15 is 0 Å². The third-order valence-electron chi connectivity index (χ3n) is 2.61. The van der Waals surface area contributed by atoms with Crippen LogP contribution in [0.1, 0.15) is 30.6 Å². The van der Waals surface area contributed by atoms with Crippen LogP contribution in [0.25, 0.3) is 0 Å². The first-order chi connectivity index (χ1) is 8.17. The number of hydrogen-bond donors (Lipinski definition) is 3. The monoisotopic (exact) mass is 234 g/mol. The number of aliphatic hydroxyl groups is 2. The molecule has 2 unspecified atom stereocenters. The zero-order valence-electron chi connectivity index (χ0n) is 9.93. The van der Waals surface area contributed by atoms with Gasteiger partial charge in [-0.05, 0) is 24.1 Å². The van der Waals surface area contributed by atoms with E-state index in [0.29, 0.717) is 25.1 Å². The standard InChI is InChI=1S/C13H18N2O2/c1-2-12(16)8-15-9-13(17)11-5-3-10(7-14)4-6-11/h3-6,12-13,15-17H,2,8-9H2,1H3. The molecule has 92 valence electrons. The van der Waals surface area contributed by atoms with Gasteiger partial charge in [-0.25, -0.2) is 0 Å². The van der Waals surface area contributed by atoms with E-state index in [4.69, 9.17) is 5.26 Å². The van der Waals surface area contributed by atoms with Crippen molar-refractivity contribution in [3.8, 4) is 6.07 Å². The summed E-state index contributed by atoms with van der Waals surface area (Å²) in [4.78, 5) is 0. The molecule has 1 aromatic carbocycles. The Labute approximate surface area is 102 Å². The molecule has 1 aromatic rings. The highest BCUT2D eigenvalue weighted by atomic mass is 16.3. The van der Waals surface area contributed by atoms with E-state index in [2.05, 4.69) is 5.32 Å². The fourth-order valence-electron chi connectivity index (χ4n) is 1.43. The number of nitriles is 1. The lowest BCUT2D eigenvalue weighted by Crippen LogP contribution is -2.29. The molecular weight excluding hydrogens is 216 g/mol. The molecule has 3 N–H and O–H groups in total. The van der Waals surface area contributed by atoms with Crippen molar-refractivity contribution in [2.75, 3.05) is 13.1 Å². The molecule has 0 aliphatic heterocycles. The van der Waals surface area contributed by atoms with E-state index in [0.717, 1.165) is 5.56 Å². The number of nitrogens with zero attached hydrogens (tertiary/aromatic N) is 1.